The molecular formula is C18H22BrN. The van der Waals surface area contributed by atoms with Crippen LogP contribution in [0, 0.1) is 20.8 Å². The van der Waals surface area contributed by atoms with Crippen molar-refractivity contribution < 1.29 is 0 Å². The van der Waals surface area contributed by atoms with E-state index in [0.717, 1.165) is 11.0 Å². The Morgan fingerprint density at radius 1 is 0.950 bits per heavy atom. The zero-order valence-electron chi connectivity index (χ0n) is 12.6. The third-order valence-electron chi connectivity index (χ3n) is 3.92. The second-order valence-electron chi connectivity index (χ2n) is 5.52. The van der Waals surface area contributed by atoms with Gasteiger partial charge in [-0.25, -0.2) is 0 Å². The summed E-state index contributed by atoms with van der Waals surface area (Å²) in [5.41, 5.74) is 6.80. The second-order valence-corrected chi connectivity index (χ2v) is 6.43. The van der Waals surface area contributed by atoms with Crippen LogP contribution >= 0.6 is 15.9 Å². The molecule has 106 valence electrons. The highest BCUT2D eigenvalue weighted by Crippen LogP contribution is 2.19. The summed E-state index contributed by atoms with van der Waals surface area (Å²) in [6.07, 6.45) is 0. The normalized spacial score (nSPS) is 12.4. The van der Waals surface area contributed by atoms with E-state index in [9.17, 15) is 0 Å². The smallest absolute Gasteiger partial charge is 0.0294 e. The van der Waals surface area contributed by atoms with E-state index >= 15 is 0 Å². The van der Waals surface area contributed by atoms with E-state index in [4.69, 9.17) is 0 Å². The number of halogens is 1. The first-order valence-electron chi connectivity index (χ1n) is 7.03. The molecule has 1 atom stereocenters. The quantitative estimate of drug-likeness (QED) is 0.809. The van der Waals surface area contributed by atoms with Gasteiger partial charge in [-0.05, 0) is 67.6 Å². The van der Waals surface area contributed by atoms with Gasteiger partial charge in [0.2, 0.25) is 0 Å². The van der Waals surface area contributed by atoms with Crippen LogP contribution in [0.1, 0.15) is 40.8 Å². The molecule has 0 saturated heterocycles. The van der Waals surface area contributed by atoms with Crippen LogP contribution in [0.2, 0.25) is 0 Å². The fourth-order valence-electron chi connectivity index (χ4n) is 2.34. The number of nitrogens with one attached hydrogen (secondary N) is 1. The Hall–Kier alpha value is -1.12. The largest absolute Gasteiger partial charge is 0.306 e. The van der Waals surface area contributed by atoms with Crippen molar-refractivity contribution in [2.75, 3.05) is 0 Å². The lowest BCUT2D eigenvalue weighted by atomic mass is 10.0. The Bertz CT molecular complexity index is 587. The Morgan fingerprint density at radius 2 is 1.55 bits per heavy atom. The SMILES string of the molecule is Cc1cc(C)c(CN[C@@H](C)c2ccc(Br)cc2)cc1C. The zero-order valence-corrected chi connectivity index (χ0v) is 14.2. The van der Waals surface area contributed by atoms with Crippen molar-refractivity contribution in [3.8, 4) is 0 Å². The van der Waals surface area contributed by atoms with Gasteiger partial charge in [0.1, 0.15) is 0 Å². The molecule has 0 heterocycles. The average molecular weight is 332 g/mol. The van der Waals surface area contributed by atoms with E-state index in [2.05, 4.69) is 85.3 Å². The van der Waals surface area contributed by atoms with Gasteiger partial charge < -0.3 is 5.32 Å². The maximum absolute atomic E-state index is 3.61. The van der Waals surface area contributed by atoms with Gasteiger partial charge in [-0.15, -0.1) is 0 Å². The molecule has 2 aromatic rings. The van der Waals surface area contributed by atoms with Crippen LogP contribution in [0.3, 0.4) is 0 Å². The van der Waals surface area contributed by atoms with Crippen LogP contribution < -0.4 is 5.32 Å². The first kappa shape index (κ1) is 15.3. The van der Waals surface area contributed by atoms with Gasteiger partial charge >= 0.3 is 0 Å². The predicted octanol–water partition coefficient (Wildman–Crippen LogP) is 5.23. The van der Waals surface area contributed by atoms with Crippen LogP contribution in [0.4, 0.5) is 0 Å². The lowest BCUT2D eigenvalue weighted by molar-refractivity contribution is 0.573. The summed E-state index contributed by atoms with van der Waals surface area (Å²) in [6, 6.07) is 13.4. The van der Waals surface area contributed by atoms with Crippen molar-refractivity contribution in [2.24, 2.45) is 0 Å². The molecule has 0 aliphatic carbocycles. The first-order valence-corrected chi connectivity index (χ1v) is 7.82. The third kappa shape index (κ3) is 3.71. The molecule has 2 aromatic carbocycles. The van der Waals surface area contributed by atoms with Crippen molar-refractivity contribution in [3.05, 3.63) is 68.7 Å². The fourth-order valence-corrected chi connectivity index (χ4v) is 2.61. The van der Waals surface area contributed by atoms with Crippen LogP contribution in [0.25, 0.3) is 0 Å². The van der Waals surface area contributed by atoms with Gasteiger partial charge in [0.25, 0.3) is 0 Å². The molecule has 0 bridgehead atoms. The van der Waals surface area contributed by atoms with E-state index in [-0.39, 0.29) is 0 Å². The van der Waals surface area contributed by atoms with Crippen molar-refractivity contribution in [1.82, 2.24) is 5.32 Å². The van der Waals surface area contributed by atoms with E-state index in [1.54, 1.807) is 0 Å². The first-order chi connectivity index (χ1) is 9.47. The summed E-state index contributed by atoms with van der Waals surface area (Å²) in [6.45, 7) is 9.65. The fraction of sp³-hybridized carbons (Fsp3) is 0.333. The van der Waals surface area contributed by atoms with Crippen LogP contribution in [0.5, 0.6) is 0 Å². The molecule has 0 amide bonds. The summed E-state index contributed by atoms with van der Waals surface area (Å²) in [5.74, 6) is 0. The van der Waals surface area contributed by atoms with Gasteiger partial charge in [0.15, 0.2) is 0 Å². The predicted molar refractivity (Wildman–Crippen MR) is 90.0 cm³/mol. The molecule has 1 nitrogen and oxygen atoms in total. The minimum Gasteiger partial charge on any atom is -0.306 e. The highest BCUT2D eigenvalue weighted by molar-refractivity contribution is 9.10. The van der Waals surface area contributed by atoms with Crippen molar-refractivity contribution >= 4 is 15.9 Å². The lowest BCUT2D eigenvalue weighted by Crippen LogP contribution is -2.18. The maximum Gasteiger partial charge on any atom is 0.0294 e. The molecule has 2 heteroatoms. The van der Waals surface area contributed by atoms with Gasteiger partial charge in [0.05, 0.1) is 0 Å². The summed E-state index contributed by atoms with van der Waals surface area (Å²) in [5, 5.41) is 3.61. The molecule has 1 N–H and O–H groups in total. The van der Waals surface area contributed by atoms with Crippen molar-refractivity contribution in [1.29, 1.82) is 0 Å². The third-order valence-corrected chi connectivity index (χ3v) is 4.45. The molecule has 0 radical (unpaired) electrons. The number of aryl methyl sites for hydroxylation is 3. The Kier molecular flexibility index (Phi) is 5.00. The molecule has 0 aromatic heterocycles. The number of hydrogen-bond donors (Lipinski definition) is 1. The molecule has 0 spiro atoms. The van der Waals surface area contributed by atoms with Gasteiger partial charge in [0, 0.05) is 17.1 Å². The van der Waals surface area contributed by atoms with Gasteiger partial charge in [-0.1, -0.05) is 40.2 Å². The Morgan fingerprint density at radius 3 is 2.20 bits per heavy atom. The number of hydrogen-bond acceptors (Lipinski definition) is 1. The topological polar surface area (TPSA) is 12.0 Å². The van der Waals surface area contributed by atoms with Crippen LogP contribution in [0.15, 0.2) is 40.9 Å². The summed E-state index contributed by atoms with van der Waals surface area (Å²) in [4.78, 5) is 0. The van der Waals surface area contributed by atoms with E-state index in [0.29, 0.717) is 6.04 Å². The van der Waals surface area contributed by atoms with E-state index in [1.807, 2.05) is 0 Å². The summed E-state index contributed by atoms with van der Waals surface area (Å²) in [7, 11) is 0. The molecule has 0 saturated carbocycles. The zero-order chi connectivity index (χ0) is 14.7. The average Bonchev–Trinajstić information content (AvgIpc) is 2.42. The summed E-state index contributed by atoms with van der Waals surface area (Å²) < 4.78 is 1.12. The minimum atomic E-state index is 0.351. The lowest BCUT2D eigenvalue weighted by Gasteiger charge is -2.16. The monoisotopic (exact) mass is 331 g/mol. The Balaban J connectivity index is 2.05. The molecule has 2 rings (SSSR count). The molecule has 0 aliphatic heterocycles. The van der Waals surface area contributed by atoms with Crippen LogP contribution in [-0.4, -0.2) is 0 Å². The molecule has 20 heavy (non-hydrogen) atoms. The van der Waals surface area contributed by atoms with Crippen LogP contribution in [-0.2, 0) is 6.54 Å². The summed E-state index contributed by atoms with van der Waals surface area (Å²) >= 11 is 3.47. The van der Waals surface area contributed by atoms with E-state index in [1.165, 1.54) is 27.8 Å². The highest BCUT2D eigenvalue weighted by atomic mass is 79.9. The van der Waals surface area contributed by atoms with Crippen molar-refractivity contribution in [2.45, 2.75) is 40.3 Å². The molecule has 0 fully saturated rings. The Labute approximate surface area is 130 Å². The number of rotatable bonds is 4. The number of benzene rings is 2. The van der Waals surface area contributed by atoms with E-state index < -0.39 is 0 Å². The minimum absolute atomic E-state index is 0.351. The highest BCUT2D eigenvalue weighted by Gasteiger charge is 2.07. The van der Waals surface area contributed by atoms with Gasteiger partial charge in [-0.3, -0.25) is 0 Å². The molecule has 0 aliphatic rings. The molecular weight excluding hydrogens is 310 g/mol. The van der Waals surface area contributed by atoms with Gasteiger partial charge in [-0.2, -0.15) is 0 Å². The molecule has 0 unspecified atom stereocenters. The standard InChI is InChI=1S/C18H22BrN/c1-12-9-14(3)17(10-13(12)2)11-20-15(4)16-5-7-18(19)8-6-16/h5-10,15,20H,11H2,1-4H3/t15-/m0/s1. The maximum atomic E-state index is 3.61. The second kappa shape index (κ2) is 6.55. The van der Waals surface area contributed by atoms with Crippen molar-refractivity contribution in [3.63, 3.8) is 0 Å².